The molecule has 0 atom stereocenters. The van der Waals surface area contributed by atoms with Gasteiger partial charge in [-0.2, -0.15) is 0 Å². The summed E-state index contributed by atoms with van der Waals surface area (Å²) in [5.41, 5.74) is 6.85. The zero-order chi connectivity index (χ0) is 10.4. The number of anilines is 1. The summed E-state index contributed by atoms with van der Waals surface area (Å²) in [5, 5.41) is 3.38. The molecule has 0 aliphatic rings. The number of nitrogens with two attached hydrogens (primary N) is 1. The lowest BCUT2D eigenvalue weighted by Crippen LogP contribution is -2.23. The van der Waals surface area contributed by atoms with Gasteiger partial charge in [0.05, 0.1) is 0 Å². The summed E-state index contributed by atoms with van der Waals surface area (Å²) in [6.45, 7) is 5.37. The van der Waals surface area contributed by atoms with Gasteiger partial charge in [0.2, 0.25) is 0 Å². The van der Waals surface area contributed by atoms with Gasteiger partial charge in [0.1, 0.15) is 5.82 Å². The maximum Gasteiger partial charge on any atom is 0.123 e. The van der Waals surface area contributed by atoms with Gasteiger partial charge in [-0.25, -0.2) is 4.98 Å². The third kappa shape index (κ3) is 4.23. The van der Waals surface area contributed by atoms with Gasteiger partial charge in [-0.3, -0.25) is 0 Å². The molecule has 3 heteroatoms. The van der Waals surface area contributed by atoms with E-state index in [-0.39, 0.29) is 0 Å². The van der Waals surface area contributed by atoms with Crippen LogP contribution in [0.25, 0.3) is 0 Å². The van der Waals surface area contributed by atoms with Crippen molar-refractivity contribution in [3.8, 4) is 0 Å². The fourth-order valence-electron chi connectivity index (χ4n) is 1.33. The minimum Gasteiger partial charge on any atom is -0.384 e. The van der Waals surface area contributed by atoms with Crippen LogP contribution in [-0.2, 0) is 6.42 Å². The van der Waals surface area contributed by atoms with Crippen molar-refractivity contribution in [1.82, 2.24) is 10.3 Å². The Morgan fingerprint density at radius 2 is 2.29 bits per heavy atom. The molecule has 0 aliphatic heterocycles. The first kappa shape index (κ1) is 11.0. The number of hydrogen-bond acceptors (Lipinski definition) is 3. The van der Waals surface area contributed by atoms with Crippen molar-refractivity contribution in [2.75, 3.05) is 12.3 Å². The number of rotatable bonds is 5. The predicted octanol–water partition coefficient (Wildman–Crippen LogP) is 1.59. The normalized spacial score (nSPS) is 10.8. The molecule has 0 spiro atoms. The number of aromatic nitrogens is 1. The van der Waals surface area contributed by atoms with E-state index >= 15 is 0 Å². The first-order valence-corrected chi connectivity index (χ1v) is 5.12. The average molecular weight is 193 g/mol. The molecule has 0 saturated heterocycles. The van der Waals surface area contributed by atoms with Gasteiger partial charge in [-0.05, 0) is 37.1 Å². The second-order valence-corrected chi connectivity index (χ2v) is 3.80. The summed E-state index contributed by atoms with van der Waals surface area (Å²) in [6.07, 6.45) is 3.97. The van der Waals surface area contributed by atoms with E-state index in [1.165, 1.54) is 5.56 Å². The standard InChI is InChI=1S/C11H19N3/c1-9(2)13-6-3-4-10-5-7-14-11(12)8-10/h5,7-9,13H,3-4,6H2,1-2H3,(H2,12,14). The Kier molecular flexibility index (Phi) is 4.40. The summed E-state index contributed by atoms with van der Waals surface area (Å²) < 4.78 is 0. The molecule has 78 valence electrons. The Balaban J connectivity index is 2.25. The van der Waals surface area contributed by atoms with E-state index < -0.39 is 0 Å². The summed E-state index contributed by atoms with van der Waals surface area (Å²) in [6, 6.07) is 4.53. The highest BCUT2D eigenvalue weighted by Gasteiger charge is 1.95. The van der Waals surface area contributed by atoms with Crippen LogP contribution in [0.1, 0.15) is 25.8 Å². The Bertz CT molecular complexity index is 271. The van der Waals surface area contributed by atoms with Gasteiger partial charge in [0.25, 0.3) is 0 Å². The second-order valence-electron chi connectivity index (χ2n) is 3.80. The van der Waals surface area contributed by atoms with Gasteiger partial charge in [0, 0.05) is 12.2 Å². The molecular weight excluding hydrogens is 174 g/mol. The molecule has 3 N–H and O–H groups in total. The summed E-state index contributed by atoms with van der Waals surface area (Å²) in [4.78, 5) is 3.96. The van der Waals surface area contributed by atoms with Crippen LogP contribution in [0.3, 0.4) is 0 Å². The fourth-order valence-corrected chi connectivity index (χ4v) is 1.33. The van der Waals surface area contributed by atoms with Gasteiger partial charge < -0.3 is 11.1 Å². The highest BCUT2D eigenvalue weighted by atomic mass is 14.9. The number of hydrogen-bond donors (Lipinski definition) is 2. The molecule has 0 aliphatic carbocycles. The van der Waals surface area contributed by atoms with Crippen molar-refractivity contribution in [3.63, 3.8) is 0 Å². The summed E-state index contributed by atoms with van der Waals surface area (Å²) in [5.74, 6) is 0.610. The van der Waals surface area contributed by atoms with Crippen LogP contribution >= 0.6 is 0 Å². The Morgan fingerprint density at radius 1 is 1.50 bits per heavy atom. The van der Waals surface area contributed by atoms with E-state index in [2.05, 4.69) is 24.1 Å². The van der Waals surface area contributed by atoms with E-state index in [9.17, 15) is 0 Å². The lowest BCUT2D eigenvalue weighted by molar-refractivity contribution is 0.570. The Morgan fingerprint density at radius 3 is 2.93 bits per heavy atom. The van der Waals surface area contributed by atoms with Crippen LogP contribution in [0.5, 0.6) is 0 Å². The smallest absolute Gasteiger partial charge is 0.123 e. The van der Waals surface area contributed by atoms with Crippen molar-refractivity contribution in [1.29, 1.82) is 0 Å². The van der Waals surface area contributed by atoms with E-state index in [1.54, 1.807) is 6.20 Å². The zero-order valence-electron chi connectivity index (χ0n) is 8.96. The maximum atomic E-state index is 5.58. The second kappa shape index (κ2) is 5.60. The van der Waals surface area contributed by atoms with Crippen molar-refractivity contribution in [2.24, 2.45) is 0 Å². The lowest BCUT2D eigenvalue weighted by atomic mass is 10.1. The minimum atomic E-state index is 0.567. The van der Waals surface area contributed by atoms with Crippen LogP contribution in [0.15, 0.2) is 18.3 Å². The molecule has 1 rings (SSSR count). The van der Waals surface area contributed by atoms with Crippen molar-refractivity contribution in [2.45, 2.75) is 32.7 Å². The number of nitrogens with one attached hydrogen (secondary N) is 1. The number of nitrogens with zero attached hydrogens (tertiary/aromatic N) is 1. The molecule has 3 nitrogen and oxygen atoms in total. The van der Waals surface area contributed by atoms with Crippen LogP contribution in [0, 0.1) is 0 Å². The van der Waals surface area contributed by atoms with E-state index in [1.807, 2.05) is 12.1 Å². The van der Waals surface area contributed by atoms with Gasteiger partial charge in [-0.15, -0.1) is 0 Å². The molecule has 0 unspecified atom stereocenters. The van der Waals surface area contributed by atoms with E-state index in [0.717, 1.165) is 19.4 Å². The monoisotopic (exact) mass is 193 g/mol. The number of aryl methyl sites for hydroxylation is 1. The van der Waals surface area contributed by atoms with Gasteiger partial charge >= 0.3 is 0 Å². The molecule has 1 aromatic heterocycles. The highest BCUT2D eigenvalue weighted by Crippen LogP contribution is 2.05. The molecule has 0 saturated carbocycles. The number of nitrogen functional groups attached to an aromatic ring is 1. The molecule has 0 radical (unpaired) electrons. The van der Waals surface area contributed by atoms with Crippen molar-refractivity contribution >= 4 is 5.82 Å². The molecule has 0 bridgehead atoms. The predicted molar refractivity (Wildman–Crippen MR) is 60.1 cm³/mol. The minimum absolute atomic E-state index is 0.567. The van der Waals surface area contributed by atoms with Gasteiger partial charge in [0.15, 0.2) is 0 Å². The topological polar surface area (TPSA) is 50.9 Å². The third-order valence-corrected chi connectivity index (χ3v) is 2.04. The van der Waals surface area contributed by atoms with Crippen LogP contribution in [0.2, 0.25) is 0 Å². The van der Waals surface area contributed by atoms with E-state index in [0.29, 0.717) is 11.9 Å². The highest BCUT2D eigenvalue weighted by molar-refractivity contribution is 5.31. The van der Waals surface area contributed by atoms with E-state index in [4.69, 9.17) is 5.73 Å². The molecule has 1 heterocycles. The quantitative estimate of drug-likeness (QED) is 0.698. The summed E-state index contributed by atoms with van der Waals surface area (Å²) in [7, 11) is 0. The third-order valence-electron chi connectivity index (χ3n) is 2.04. The first-order chi connectivity index (χ1) is 6.68. The largest absolute Gasteiger partial charge is 0.384 e. The summed E-state index contributed by atoms with van der Waals surface area (Å²) >= 11 is 0. The molecule has 0 aromatic carbocycles. The maximum absolute atomic E-state index is 5.58. The Labute approximate surface area is 85.7 Å². The lowest BCUT2D eigenvalue weighted by Gasteiger charge is -2.07. The van der Waals surface area contributed by atoms with Crippen LogP contribution < -0.4 is 11.1 Å². The van der Waals surface area contributed by atoms with Crippen LogP contribution in [-0.4, -0.2) is 17.6 Å². The molecule has 1 aromatic rings. The fraction of sp³-hybridized carbons (Fsp3) is 0.545. The molecular formula is C11H19N3. The molecule has 0 fully saturated rings. The first-order valence-electron chi connectivity index (χ1n) is 5.12. The zero-order valence-corrected chi connectivity index (χ0v) is 8.96. The average Bonchev–Trinajstić information content (AvgIpc) is 2.12. The van der Waals surface area contributed by atoms with Crippen LogP contribution in [0.4, 0.5) is 5.82 Å². The van der Waals surface area contributed by atoms with Crippen molar-refractivity contribution in [3.05, 3.63) is 23.9 Å². The molecule has 14 heavy (non-hydrogen) atoms. The SMILES string of the molecule is CC(C)NCCCc1ccnc(N)c1. The number of pyridine rings is 1. The Hall–Kier alpha value is -1.09. The molecule has 0 amide bonds. The van der Waals surface area contributed by atoms with Crippen molar-refractivity contribution < 1.29 is 0 Å². The van der Waals surface area contributed by atoms with Gasteiger partial charge in [-0.1, -0.05) is 13.8 Å².